The number of rotatable bonds is 4. The standard InChI is InChI=1S/C16H23NO3/c1-10(2)17-13-7-6-12(20-5)8-11(13)9-14(17)16(3,4)15(18)19/h6-8,10,14H,9H2,1-5H3,(H,18,19). The molecule has 0 bridgehead atoms. The van der Waals surface area contributed by atoms with E-state index in [0.717, 1.165) is 23.4 Å². The van der Waals surface area contributed by atoms with Crippen LogP contribution in [0, 0.1) is 5.41 Å². The van der Waals surface area contributed by atoms with E-state index in [1.807, 2.05) is 18.2 Å². The zero-order valence-electron chi connectivity index (χ0n) is 12.8. The molecule has 4 heteroatoms. The van der Waals surface area contributed by atoms with Crippen LogP contribution < -0.4 is 9.64 Å². The molecule has 1 aromatic rings. The molecule has 20 heavy (non-hydrogen) atoms. The van der Waals surface area contributed by atoms with Gasteiger partial charge in [-0.15, -0.1) is 0 Å². The zero-order valence-corrected chi connectivity index (χ0v) is 12.8. The summed E-state index contributed by atoms with van der Waals surface area (Å²) >= 11 is 0. The van der Waals surface area contributed by atoms with E-state index in [9.17, 15) is 9.90 Å². The van der Waals surface area contributed by atoms with Gasteiger partial charge in [-0.25, -0.2) is 0 Å². The fraction of sp³-hybridized carbons (Fsp3) is 0.562. The first kappa shape index (κ1) is 14.7. The molecule has 0 saturated carbocycles. The number of hydrogen-bond acceptors (Lipinski definition) is 3. The third kappa shape index (κ3) is 2.23. The molecule has 0 aliphatic carbocycles. The number of aliphatic carboxylic acids is 1. The van der Waals surface area contributed by atoms with Gasteiger partial charge in [0.05, 0.1) is 12.5 Å². The van der Waals surface area contributed by atoms with E-state index in [2.05, 4.69) is 18.7 Å². The van der Waals surface area contributed by atoms with Crippen molar-refractivity contribution in [3.8, 4) is 5.75 Å². The summed E-state index contributed by atoms with van der Waals surface area (Å²) in [6.45, 7) is 7.81. The van der Waals surface area contributed by atoms with Crippen molar-refractivity contribution in [3.05, 3.63) is 23.8 Å². The predicted octanol–water partition coefficient (Wildman–Crippen LogP) is 2.95. The van der Waals surface area contributed by atoms with Crippen LogP contribution in [-0.4, -0.2) is 30.3 Å². The molecule has 0 aromatic heterocycles. The van der Waals surface area contributed by atoms with Crippen LogP contribution in [0.2, 0.25) is 0 Å². The summed E-state index contributed by atoms with van der Waals surface area (Å²) < 4.78 is 5.27. The average molecular weight is 277 g/mol. The molecule has 2 rings (SSSR count). The normalized spacial score (nSPS) is 18.3. The van der Waals surface area contributed by atoms with E-state index < -0.39 is 11.4 Å². The first-order valence-electron chi connectivity index (χ1n) is 6.97. The largest absolute Gasteiger partial charge is 0.497 e. The van der Waals surface area contributed by atoms with Gasteiger partial charge >= 0.3 is 5.97 Å². The summed E-state index contributed by atoms with van der Waals surface area (Å²) in [4.78, 5) is 13.8. The second-order valence-corrected chi connectivity index (χ2v) is 6.24. The van der Waals surface area contributed by atoms with Gasteiger partial charge in [0.25, 0.3) is 0 Å². The summed E-state index contributed by atoms with van der Waals surface area (Å²) in [5.41, 5.74) is 1.49. The molecule has 1 aliphatic heterocycles. The van der Waals surface area contributed by atoms with E-state index in [4.69, 9.17) is 4.74 Å². The lowest BCUT2D eigenvalue weighted by Gasteiger charge is -2.39. The smallest absolute Gasteiger partial charge is 0.311 e. The minimum absolute atomic E-state index is 0.0397. The summed E-state index contributed by atoms with van der Waals surface area (Å²) in [5, 5.41) is 9.53. The van der Waals surface area contributed by atoms with E-state index in [-0.39, 0.29) is 12.1 Å². The molecule has 0 fully saturated rings. The molecule has 1 N–H and O–H groups in total. The van der Waals surface area contributed by atoms with Crippen molar-refractivity contribution in [3.63, 3.8) is 0 Å². The quantitative estimate of drug-likeness (QED) is 0.919. The number of carboxylic acid groups (broad SMARTS) is 1. The van der Waals surface area contributed by atoms with Crippen LogP contribution >= 0.6 is 0 Å². The number of nitrogens with zero attached hydrogens (tertiary/aromatic N) is 1. The van der Waals surface area contributed by atoms with Gasteiger partial charge in [0, 0.05) is 17.8 Å². The van der Waals surface area contributed by atoms with Crippen LogP contribution in [0.4, 0.5) is 5.69 Å². The maximum Gasteiger partial charge on any atom is 0.311 e. The van der Waals surface area contributed by atoms with E-state index in [1.165, 1.54) is 0 Å². The summed E-state index contributed by atoms with van der Waals surface area (Å²) in [6, 6.07) is 6.20. The minimum atomic E-state index is -0.795. The van der Waals surface area contributed by atoms with E-state index in [1.54, 1.807) is 21.0 Å². The highest BCUT2D eigenvalue weighted by atomic mass is 16.5. The lowest BCUT2D eigenvalue weighted by Crippen LogP contribution is -2.50. The second kappa shape index (κ2) is 5.00. The third-order valence-corrected chi connectivity index (χ3v) is 4.25. The molecule has 1 unspecified atom stereocenters. The molecule has 0 saturated heterocycles. The number of anilines is 1. The maximum absolute atomic E-state index is 11.6. The fourth-order valence-electron chi connectivity index (χ4n) is 2.96. The van der Waals surface area contributed by atoms with Gasteiger partial charge in [0.1, 0.15) is 5.75 Å². The van der Waals surface area contributed by atoms with Gasteiger partial charge in [0.15, 0.2) is 0 Å². The number of hydrogen-bond donors (Lipinski definition) is 1. The van der Waals surface area contributed by atoms with Crippen molar-refractivity contribution in [2.45, 2.75) is 46.2 Å². The van der Waals surface area contributed by atoms with Crippen molar-refractivity contribution in [1.29, 1.82) is 0 Å². The van der Waals surface area contributed by atoms with Gasteiger partial charge in [-0.3, -0.25) is 4.79 Å². The Morgan fingerprint density at radius 2 is 2.10 bits per heavy atom. The first-order valence-corrected chi connectivity index (χ1v) is 6.97. The van der Waals surface area contributed by atoms with Crippen LogP contribution in [0.15, 0.2) is 18.2 Å². The van der Waals surface area contributed by atoms with Crippen LogP contribution in [0.5, 0.6) is 5.75 Å². The molecule has 1 atom stereocenters. The summed E-state index contributed by atoms with van der Waals surface area (Å²) in [7, 11) is 1.65. The molecule has 0 amide bonds. The van der Waals surface area contributed by atoms with Crippen molar-refractivity contribution in [1.82, 2.24) is 0 Å². The van der Waals surface area contributed by atoms with Crippen molar-refractivity contribution in [2.24, 2.45) is 5.41 Å². The highest BCUT2D eigenvalue weighted by Crippen LogP contribution is 2.42. The Bertz CT molecular complexity index is 522. The number of methoxy groups -OCH3 is 1. The zero-order chi connectivity index (χ0) is 15.1. The molecule has 1 heterocycles. The molecule has 110 valence electrons. The number of carbonyl (C=O) groups is 1. The Morgan fingerprint density at radius 1 is 1.45 bits per heavy atom. The Labute approximate surface area is 120 Å². The first-order chi connectivity index (χ1) is 9.28. The predicted molar refractivity (Wildman–Crippen MR) is 79.5 cm³/mol. The SMILES string of the molecule is COc1ccc2c(c1)CC(C(C)(C)C(=O)O)N2C(C)C. The third-order valence-electron chi connectivity index (χ3n) is 4.25. The topological polar surface area (TPSA) is 49.8 Å². The molecule has 0 radical (unpaired) electrons. The molecule has 0 spiro atoms. The van der Waals surface area contributed by atoms with Crippen molar-refractivity contribution < 1.29 is 14.6 Å². The number of ether oxygens (including phenoxy) is 1. The van der Waals surface area contributed by atoms with Gasteiger partial charge in [0.2, 0.25) is 0 Å². The summed E-state index contributed by atoms with van der Waals surface area (Å²) in [6.07, 6.45) is 0.740. The Balaban J connectivity index is 2.46. The Kier molecular flexibility index (Phi) is 3.67. The van der Waals surface area contributed by atoms with Crippen molar-refractivity contribution in [2.75, 3.05) is 12.0 Å². The average Bonchev–Trinajstić information content (AvgIpc) is 2.77. The van der Waals surface area contributed by atoms with Crippen LogP contribution in [0.3, 0.4) is 0 Å². The van der Waals surface area contributed by atoms with Gasteiger partial charge in [-0.1, -0.05) is 0 Å². The van der Waals surface area contributed by atoms with Crippen LogP contribution in [0.1, 0.15) is 33.3 Å². The minimum Gasteiger partial charge on any atom is -0.497 e. The Hall–Kier alpha value is -1.71. The van der Waals surface area contributed by atoms with E-state index in [0.29, 0.717) is 0 Å². The second-order valence-electron chi connectivity index (χ2n) is 6.24. The maximum atomic E-state index is 11.6. The fourth-order valence-corrected chi connectivity index (χ4v) is 2.96. The number of benzene rings is 1. The number of carboxylic acids is 1. The Morgan fingerprint density at radius 3 is 2.60 bits per heavy atom. The molecular weight excluding hydrogens is 254 g/mol. The summed E-state index contributed by atoms with van der Waals surface area (Å²) in [5.74, 6) is 0.0640. The molecular formula is C16H23NO3. The van der Waals surface area contributed by atoms with Gasteiger partial charge in [-0.05, 0) is 57.9 Å². The molecule has 1 aliphatic rings. The highest BCUT2D eigenvalue weighted by molar-refractivity contribution is 5.77. The van der Waals surface area contributed by atoms with Gasteiger partial charge < -0.3 is 14.7 Å². The monoisotopic (exact) mass is 277 g/mol. The highest BCUT2D eigenvalue weighted by Gasteiger charge is 2.45. The lowest BCUT2D eigenvalue weighted by atomic mass is 9.82. The van der Waals surface area contributed by atoms with Crippen LogP contribution in [0.25, 0.3) is 0 Å². The molecule has 4 nitrogen and oxygen atoms in total. The van der Waals surface area contributed by atoms with Crippen molar-refractivity contribution >= 4 is 11.7 Å². The molecule has 1 aromatic carbocycles. The van der Waals surface area contributed by atoms with E-state index >= 15 is 0 Å². The lowest BCUT2D eigenvalue weighted by molar-refractivity contribution is -0.148. The van der Waals surface area contributed by atoms with Gasteiger partial charge in [-0.2, -0.15) is 0 Å². The number of fused-ring (bicyclic) bond motifs is 1. The van der Waals surface area contributed by atoms with Crippen LogP contribution in [-0.2, 0) is 11.2 Å².